The molecule has 0 spiro atoms. The SMILES string of the molecule is CC(C)S(=O)(=O)N1CCCC1CNC=O.CNc1cnc2[nH]ccc2n1. The summed E-state index contributed by atoms with van der Waals surface area (Å²) in [6, 6.07) is 1.82. The van der Waals surface area contributed by atoms with Crippen molar-refractivity contribution in [3.8, 4) is 0 Å². The van der Waals surface area contributed by atoms with Crippen molar-refractivity contribution in [3.63, 3.8) is 0 Å². The fourth-order valence-corrected chi connectivity index (χ4v) is 4.27. The molecule has 1 amide bonds. The number of aromatic nitrogens is 3. The number of fused-ring (bicyclic) bond motifs is 1. The first-order valence-corrected chi connectivity index (χ1v) is 10.1. The molecule has 2 aromatic heterocycles. The Labute approximate surface area is 153 Å². The fraction of sp³-hybridized carbons (Fsp3) is 0.562. The molecule has 1 fully saturated rings. The summed E-state index contributed by atoms with van der Waals surface area (Å²) in [4.78, 5) is 21.5. The Morgan fingerprint density at radius 2 is 2.23 bits per heavy atom. The number of hydrogen-bond donors (Lipinski definition) is 3. The van der Waals surface area contributed by atoms with E-state index in [1.165, 1.54) is 4.31 Å². The van der Waals surface area contributed by atoms with Gasteiger partial charge in [-0.2, -0.15) is 4.31 Å². The summed E-state index contributed by atoms with van der Waals surface area (Å²) in [6.07, 6.45) is 5.82. The van der Waals surface area contributed by atoms with E-state index in [9.17, 15) is 13.2 Å². The second kappa shape index (κ2) is 8.95. The topological polar surface area (TPSA) is 120 Å². The van der Waals surface area contributed by atoms with Crippen LogP contribution in [0, 0.1) is 0 Å². The molecule has 1 unspecified atom stereocenters. The van der Waals surface area contributed by atoms with Crippen LogP contribution in [0.15, 0.2) is 18.5 Å². The number of rotatable bonds is 6. The molecule has 0 saturated carbocycles. The van der Waals surface area contributed by atoms with Crippen molar-refractivity contribution in [2.75, 3.05) is 25.5 Å². The van der Waals surface area contributed by atoms with Gasteiger partial charge in [0.25, 0.3) is 0 Å². The Hall–Kier alpha value is -2.20. The third-order valence-corrected chi connectivity index (χ3v) is 6.53. The molecule has 0 aliphatic carbocycles. The van der Waals surface area contributed by atoms with E-state index in [1.807, 2.05) is 19.3 Å². The van der Waals surface area contributed by atoms with Gasteiger partial charge < -0.3 is 15.6 Å². The number of amides is 1. The van der Waals surface area contributed by atoms with Crippen LogP contribution in [0.5, 0.6) is 0 Å². The smallest absolute Gasteiger partial charge is 0.216 e. The Kier molecular flexibility index (Phi) is 6.92. The van der Waals surface area contributed by atoms with Gasteiger partial charge in [-0.3, -0.25) is 4.79 Å². The van der Waals surface area contributed by atoms with Gasteiger partial charge in [-0.05, 0) is 32.8 Å². The first-order valence-electron chi connectivity index (χ1n) is 8.55. The predicted octanol–water partition coefficient (Wildman–Crippen LogP) is 0.935. The van der Waals surface area contributed by atoms with Gasteiger partial charge in [0.2, 0.25) is 16.4 Å². The molecule has 144 valence electrons. The van der Waals surface area contributed by atoms with Crippen LogP contribution in [0.2, 0.25) is 0 Å². The molecule has 3 heterocycles. The molecule has 10 heteroatoms. The summed E-state index contributed by atoms with van der Waals surface area (Å²) in [5.74, 6) is 0.789. The van der Waals surface area contributed by atoms with E-state index in [-0.39, 0.29) is 6.04 Å². The number of nitrogens with zero attached hydrogens (tertiary/aromatic N) is 3. The minimum Gasteiger partial charge on any atom is -0.372 e. The van der Waals surface area contributed by atoms with Crippen LogP contribution in [0.25, 0.3) is 11.2 Å². The molecular formula is C16H26N6O3S. The van der Waals surface area contributed by atoms with Crippen LogP contribution in [0.3, 0.4) is 0 Å². The van der Waals surface area contributed by atoms with Crippen LogP contribution < -0.4 is 10.6 Å². The van der Waals surface area contributed by atoms with Gasteiger partial charge in [-0.1, -0.05) is 0 Å². The molecule has 3 N–H and O–H groups in total. The maximum Gasteiger partial charge on any atom is 0.216 e. The molecule has 1 aliphatic heterocycles. The summed E-state index contributed by atoms with van der Waals surface area (Å²) in [5, 5.41) is 5.07. The average Bonchev–Trinajstić information content (AvgIpc) is 3.28. The van der Waals surface area contributed by atoms with Crippen LogP contribution in [-0.4, -0.2) is 65.5 Å². The van der Waals surface area contributed by atoms with Crippen molar-refractivity contribution >= 4 is 33.4 Å². The Morgan fingerprint density at radius 3 is 2.88 bits per heavy atom. The fourth-order valence-electron chi connectivity index (χ4n) is 2.75. The highest BCUT2D eigenvalue weighted by molar-refractivity contribution is 7.89. The van der Waals surface area contributed by atoms with Gasteiger partial charge in [0, 0.05) is 32.4 Å². The molecule has 1 saturated heterocycles. The Morgan fingerprint density at radius 1 is 1.46 bits per heavy atom. The van der Waals surface area contributed by atoms with E-state index in [0.717, 1.165) is 29.8 Å². The van der Waals surface area contributed by atoms with Gasteiger partial charge in [0.05, 0.1) is 11.4 Å². The number of sulfonamides is 1. The third-order valence-electron chi connectivity index (χ3n) is 4.20. The highest BCUT2D eigenvalue weighted by Gasteiger charge is 2.35. The molecule has 1 aliphatic rings. The van der Waals surface area contributed by atoms with Gasteiger partial charge >= 0.3 is 0 Å². The third kappa shape index (κ3) is 4.70. The largest absolute Gasteiger partial charge is 0.372 e. The van der Waals surface area contributed by atoms with E-state index in [2.05, 4.69) is 25.6 Å². The Bertz CT molecular complexity index is 820. The lowest BCUT2D eigenvalue weighted by Crippen LogP contribution is -2.44. The summed E-state index contributed by atoms with van der Waals surface area (Å²) >= 11 is 0. The average molecular weight is 382 g/mol. The maximum atomic E-state index is 11.9. The number of carbonyl (C=O) groups excluding carboxylic acids is 1. The number of hydrogen-bond acceptors (Lipinski definition) is 6. The standard InChI is InChI=1S/C9H18N2O3S.C7H8N4/c1-8(2)15(13,14)11-5-3-4-9(11)6-10-7-12;1-8-6-4-10-7-5(11-6)2-3-9-7/h7-9H,3-6H2,1-2H3,(H,10,12);2-4H,1H3,(H,8,11)(H,9,10). The van der Waals surface area contributed by atoms with Crippen molar-refractivity contribution in [1.29, 1.82) is 0 Å². The molecule has 2 aromatic rings. The quantitative estimate of drug-likeness (QED) is 0.640. The first-order chi connectivity index (χ1) is 12.4. The van der Waals surface area contributed by atoms with Gasteiger partial charge in [-0.15, -0.1) is 0 Å². The van der Waals surface area contributed by atoms with Crippen LogP contribution in [0.4, 0.5) is 5.82 Å². The second-order valence-electron chi connectivity index (χ2n) is 6.24. The highest BCUT2D eigenvalue weighted by atomic mass is 32.2. The summed E-state index contributed by atoms with van der Waals surface area (Å²) < 4.78 is 25.4. The molecule has 3 rings (SSSR count). The summed E-state index contributed by atoms with van der Waals surface area (Å²) in [7, 11) is -1.36. The van der Waals surface area contributed by atoms with Crippen LogP contribution in [0.1, 0.15) is 26.7 Å². The van der Waals surface area contributed by atoms with E-state index in [4.69, 9.17) is 0 Å². The monoisotopic (exact) mass is 382 g/mol. The summed E-state index contributed by atoms with van der Waals surface area (Å²) in [5.41, 5.74) is 1.71. The van der Waals surface area contributed by atoms with Gasteiger partial charge in [0.1, 0.15) is 11.3 Å². The maximum absolute atomic E-state index is 11.9. The molecule has 9 nitrogen and oxygen atoms in total. The number of aromatic amines is 1. The van der Waals surface area contributed by atoms with E-state index in [0.29, 0.717) is 19.5 Å². The predicted molar refractivity (Wildman–Crippen MR) is 101 cm³/mol. The number of anilines is 1. The zero-order valence-corrected chi connectivity index (χ0v) is 16.1. The molecular weight excluding hydrogens is 356 g/mol. The highest BCUT2D eigenvalue weighted by Crippen LogP contribution is 2.22. The molecule has 0 bridgehead atoms. The minimum absolute atomic E-state index is 0.0670. The van der Waals surface area contributed by atoms with Crippen molar-refractivity contribution in [2.45, 2.75) is 38.0 Å². The minimum atomic E-state index is -3.18. The molecule has 1 atom stereocenters. The van der Waals surface area contributed by atoms with Crippen LogP contribution >= 0.6 is 0 Å². The lowest BCUT2D eigenvalue weighted by atomic mass is 10.2. The molecule has 0 aromatic carbocycles. The van der Waals surface area contributed by atoms with E-state index >= 15 is 0 Å². The summed E-state index contributed by atoms with van der Waals surface area (Å²) in [6.45, 7) is 4.34. The zero-order valence-electron chi connectivity index (χ0n) is 15.3. The zero-order chi connectivity index (χ0) is 19.2. The van der Waals surface area contributed by atoms with Crippen molar-refractivity contribution < 1.29 is 13.2 Å². The lowest BCUT2D eigenvalue weighted by molar-refractivity contribution is -0.109. The normalized spacial score (nSPS) is 17.8. The van der Waals surface area contributed by atoms with Crippen molar-refractivity contribution in [3.05, 3.63) is 18.5 Å². The van der Waals surface area contributed by atoms with Crippen molar-refractivity contribution in [2.24, 2.45) is 0 Å². The second-order valence-corrected chi connectivity index (χ2v) is 8.69. The van der Waals surface area contributed by atoms with Crippen LogP contribution in [-0.2, 0) is 14.8 Å². The number of nitrogens with one attached hydrogen (secondary N) is 3. The van der Waals surface area contributed by atoms with Gasteiger partial charge in [0.15, 0.2) is 5.65 Å². The van der Waals surface area contributed by atoms with E-state index < -0.39 is 15.3 Å². The van der Waals surface area contributed by atoms with Gasteiger partial charge in [-0.25, -0.2) is 18.4 Å². The van der Waals surface area contributed by atoms with E-state index in [1.54, 1.807) is 20.0 Å². The molecule has 0 radical (unpaired) electrons. The first kappa shape index (κ1) is 20.1. The van der Waals surface area contributed by atoms with Crippen molar-refractivity contribution in [1.82, 2.24) is 24.6 Å². The lowest BCUT2D eigenvalue weighted by Gasteiger charge is -2.25. The number of carbonyl (C=O) groups is 1. The Balaban J connectivity index is 0.000000195. The molecule has 26 heavy (non-hydrogen) atoms. The number of H-pyrrole nitrogens is 1.